The van der Waals surface area contributed by atoms with Gasteiger partial charge in [0.15, 0.2) is 0 Å². The maximum absolute atomic E-state index is 11.9. The van der Waals surface area contributed by atoms with Crippen LogP contribution in [-0.2, 0) is 20.7 Å². The minimum Gasteiger partial charge on any atom is -0.463 e. The van der Waals surface area contributed by atoms with Gasteiger partial charge < -0.3 is 19.4 Å². The maximum atomic E-state index is 11.9. The van der Waals surface area contributed by atoms with Crippen molar-refractivity contribution >= 4 is 5.97 Å². The van der Waals surface area contributed by atoms with E-state index >= 15 is 0 Å². The van der Waals surface area contributed by atoms with E-state index in [0.29, 0.717) is 32.7 Å². The van der Waals surface area contributed by atoms with Gasteiger partial charge in [-0.2, -0.15) is 0 Å². The third-order valence-electron chi connectivity index (χ3n) is 8.85. The first-order chi connectivity index (χ1) is 21.8. The molecule has 0 unspecified atom stereocenters. The maximum Gasteiger partial charge on any atom is 0.306 e. The van der Waals surface area contributed by atoms with Crippen LogP contribution in [0.4, 0.5) is 0 Å². The number of aromatic amines is 1. The lowest BCUT2D eigenvalue weighted by Crippen LogP contribution is -2.30. The average molecular weight is 620 g/mol. The molecule has 6 heteroatoms. The summed E-state index contributed by atoms with van der Waals surface area (Å²) >= 11 is 0. The second-order valence-corrected chi connectivity index (χ2v) is 13.0. The van der Waals surface area contributed by atoms with Gasteiger partial charge in [0.25, 0.3) is 0 Å². The Morgan fingerprint density at radius 2 is 1.07 bits per heavy atom. The molecule has 0 fully saturated rings. The molecule has 1 aromatic heterocycles. The number of ether oxygens (including phenoxy) is 2. The second kappa shape index (κ2) is 33.0. The molecule has 0 aliphatic heterocycles. The van der Waals surface area contributed by atoms with Crippen molar-refractivity contribution in [1.82, 2.24) is 14.9 Å². The first-order valence-corrected chi connectivity index (χ1v) is 19.2. The number of aryl methyl sites for hydroxylation is 1. The summed E-state index contributed by atoms with van der Waals surface area (Å²) in [7, 11) is 0. The van der Waals surface area contributed by atoms with Gasteiger partial charge in [-0.1, -0.05) is 155 Å². The van der Waals surface area contributed by atoms with Crippen LogP contribution in [0.15, 0.2) is 12.5 Å². The van der Waals surface area contributed by atoms with Crippen molar-refractivity contribution < 1.29 is 14.3 Å². The van der Waals surface area contributed by atoms with E-state index in [1.165, 1.54) is 167 Å². The van der Waals surface area contributed by atoms with Crippen LogP contribution in [0.5, 0.6) is 0 Å². The molecule has 1 N–H and O–H groups in total. The molecule has 0 aliphatic carbocycles. The monoisotopic (exact) mass is 620 g/mol. The van der Waals surface area contributed by atoms with E-state index in [0.717, 1.165) is 12.2 Å². The number of hydrogen-bond acceptors (Lipinski definition) is 5. The Morgan fingerprint density at radius 3 is 1.50 bits per heavy atom. The second-order valence-electron chi connectivity index (χ2n) is 13.0. The summed E-state index contributed by atoms with van der Waals surface area (Å²) in [5, 5.41) is 0. The number of esters is 1. The van der Waals surface area contributed by atoms with Crippen LogP contribution >= 0.6 is 0 Å². The molecule has 0 aliphatic rings. The Kier molecular flexibility index (Phi) is 30.4. The molecule has 0 aromatic carbocycles. The average Bonchev–Trinajstić information content (AvgIpc) is 3.56. The fourth-order valence-corrected chi connectivity index (χ4v) is 5.93. The van der Waals surface area contributed by atoms with Gasteiger partial charge >= 0.3 is 5.97 Å². The van der Waals surface area contributed by atoms with E-state index in [1.807, 2.05) is 0 Å². The van der Waals surface area contributed by atoms with Crippen LogP contribution in [0, 0.1) is 0 Å². The highest BCUT2D eigenvalue weighted by Crippen LogP contribution is 2.14. The summed E-state index contributed by atoms with van der Waals surface area (Å²) in [5.74, 6) is -0.177. The van der Waals surface area contributed by atoms with Gasteiger partial charge in [0.05, 0.1) is 26.0 Å². The van der Waals surface area contributed by atoms with E-state index in [-0.39, 0.29) is 5.97 Å². The zero-order valence-corrected chi connectivity index (χ0v) is 29.4. The number of nitrogens with one attached hydrogen (secondary N) is 1. The highest BCUT2D eigenvalue weighted by molar-refractivity contribution is 5.69. The van der Waals surface area contributed by atoms with Gasteiger partial charge in [-0.3, -0.25) is 4.79 Å². The number of carbonyl (C=O) groups excluding carboxylic acids is 1. The standard InChI is InChI=1S/C38H73N3O3/c1-3-5-7-9-11-13-15-17-19-21-23-25-29-41(30-26-24-22-20-18-16-14-12-10-8-6-4-2)31-32-43-33-34-44-38(42)28-27-37-35-39-36-40-37/h35-36H,3-34H2,1-2H3,(H,39,40). The Bertz CT molecular complexity index is 670. The molecule has 0 amide bonds. The Balaban J connectivity index is 2.12. The number of hydrogen-bond donors (Lipinski definition) is 1. The van der Waals surface area contributed by atoms with Gasteiger partial charge in [0, 0.05) is 18.4 Å². The van der Waals surface area contributed by atoms with E-state index in [2.05, 4.69) is 28.7 Å². The highest BCUT2D eigenvalue weighted by atomic mass is 16.6. The van der Waals surface area contributed by atoms with Crippen LogP contribution in [0.3, 0.4) is 0 Å². The summed E-state index contributed by atoms with van der Waals surface area (Å²) < 4.78 is 11.2. The third-order valence-corrected chi connectivity index (χ3v) is 8.85. The van der Waals surface area contributed by atoms with Crippen LogP contribution in [0.1, 0.15) is 180 Å². The predicted molar refractivity (Wildman–Crippen MR) is 187 cm³/mol. The first-order valence-electron chi connectivity index (χ1n) is 19.2. The van der Waals surface area contributed by atoms with Crippen molar-refractivity contribution in [2.75, 3.05) is 39.5 Å². The van der Waals surface area contributed by atoms with Gasteiger partial charge in [0.1, 0.15) is 6.61 Å². The predicted octanol–water partition coefficient (Wildman–Crippen LogP) is 10.6. The van der Waals surface area contributed by atoms with E-state index < -0.39 is 0 Å². The summed E-state index contributed by atoms with van der Waals surface area (Å²) in [6.07, 6.45) is 37.9. The number of H-pyrrole nitrogens is 1. The summed E-state index contributed by atoms with van der Waals surface area (Å²) in [6, 6.07) is 0. The number of aromatic nitrogens is 2. The van der Waals surface area contributed by atoms with Crippen LogP contribution < -0.4 is 0 Å². The van der Waals surface area contributed by atoms with Gasteiger partial charge in [-0.05, 0) is 32.4 Å². The lowest BCUT2D eigenvalue weighted by atomic mass is 10.0. The molecule has 1 rings (SSSR count). The quantitative estimate of drug-likeness (QED) is 0.0605. The molecule has 1 aromatic rings. The molecule has 0 saturated heterocycles. The van der Waals surface area contributed by atoms with Crippen molar-refractivity contribution in [3.05, 3.63) is 18.2 Å². The Hall–Kier alpha value is -1.40. The minimum absolute atomic E-state index is 0.177. The van der Waals surface area contributed by atoms with Crippen molar-refractivity contribution in [2.45, 2.75) is 181 Å². The molecule has 0 saturated carbocycles. The van der Waals surface area contributed by atoms with Crippen molar-refractivity contribution in [3.63, 3.8) is 0 Å². The number of carbonyl (C=O) groups is 1. The minimum atomic E-state index is -0.177. The van der Waals surface area contributed by atoms with Gasteiger partial charge in [0.2, 0.25) is 0 Å². The van der Waals surface area contributed by atoms with Crippen molar-refractivity contribution in [3.8, 4) is 0 Å². The lowest BCUT2D eigenvalue weighted by molar-refractivity contribution is -0.145. The smallest absolute Gasteiger partial charge is 0.306 e. The van der Waals surface area contributed by atoms with E-state index in [9.17, 15) is 4.79 Å². The summed E-state index contributed by atoms with van der Waals surface area (Å²) in [6.45, 7) is 9.44. The summed E-state index contributed by atoms with van der Waals surface area (Å²) in [4.78, 5) is 21.6. The fraction of sp³-hybridized carbons (Fsp3) is 0.895. The van der Waals surface area contributed by atoms with Crippen LogP contribution in [-0.4, -0.2) is 60.3 Å². The first kappa shape index (κ1) is 40.6. The molecular formula is C38H73N3O3. The molecule has 0 atom stereocenters. The molecular weight excluding hydrogens is 546 g/mol. The topological polar surface area (TPSA) is 67.5 Å². The Morgan fingerprint density at radius 1 is 0.614 bits per heavy atom. The molecule has 0 radical (unpaired) electrons. The largest absolute Gasteiger partial charge is 0.463 e. The van der Waals surface area contributed by atoms with E-state index in [1.54, 1.807) is 12.5 Å². The third kappa shape index (κ3) is 28.1. The number of nitrogens with zero attached hydrogens (tertiary/aromatic N) is 2. The number of imidazole rings is 1. The zero-order valence-electron chi connectivity index (χ0n) is 29.4. The molecule has 0 spiro atoms. The molecule has 44 heavy (non-hydrogen) atoms. The lowest BCUT2D eigenvalue weighted by Gasteiger charge is -2.22. The SMILES string of the molecule is CCCCCCCCCCCCCCN(CCCCCCCCCCCCCC)CCOCCOC(=O)CCc1cnc[nH]1. The summed E-state index contributed by atoms with van der Waals surface area (Å²) in [5.41, 5.74) is 0.958. The van der Waals surface area contributed by atoms with E-state index in [4.69, 9.17) is 9.47 Å². The van der Waals surface area contributed by atoms with Crippen molar-refractivity contribution in [2.24, 2.45) is 0 Å². The normalized spacial score (nSPS) is 11.5. The zero-order chi connectivity index (χ0) is 31.6. The van der Waals surface area contributed by atoms with Gasteiger partial charge in [-0.25, -0.2) is 4.98 Å². The number of unbranched alkanes of at least 4 members (excludes halogenated alkanes) is 22. The Labute approximate surface area is 273 Å². The molecule has 6 nitrogen and oxygen atoms in total. The van der Waals surface area contributed by atoms with Gasteiger partial charge in [-0.15, -0.1) is 0 Å². The highest BCUT2D eigenvalue weighted by Gasteiger charge is 2.07. The molecule has 1 heterocycles. The fourth-order valence-electron chi connectivity index (χ4n) is 5.93. The van der Waals surface area contributed by atoms with Crippen LogP contribution in [0.2, 0.25) is 0 Å². The van der Waals surface area contributed by atoms with Crippen LogP contribution in [0.25, 0.3) is 0 Å². The van der Waals surface area contributed by atoms with Crippen molar-refractivity contribution in [1.29, 1.82) is 0 Å². The molecule has 258 valence electrons. The number of rotatable bonds is 35. The molecule has 0 bridgehead atoms.